The number of benzene rings is 3. The zero-order chi connectivity index (χ0) is 14.9. The lowest BCUT2D eigenvalue weighted by Gasteiger charge is -2.09. The van der Waals surface area contributed by atoms with Crippen molar-refractivity contribution < 1.29 is 4.42 Å². The molecular weight excluding hydrogens is 274 g/mol. The Balaban J connectivity index is 1.86. The van der Waals surface area contributed by atoms with Crippen LogP contribution in [-0.4, -0.2) is 0 Å². The molecule has 0 amide bonds. The Labute approximate surface area is 126 Å². The quantitative estimate of drug-likeness (QED) is 0.544. The molecule has 3 aromatic carbocycles. The third-order valence-corrected chi connectivity index (χ3v) is 3.70. The van der Waals surface area contributed by atoms with Crippen LogP contribution in [0.2, 0.25) is 0 Å². The molecule has 0 aliphatic rings. The topological polar surface area (TPSA) is 42.2 Å². The summed E-state index contributed by atoms with van der Waals surface area (Å²) in [7, 11) is 0. The molecule has 4 rings (SSSR count). The lowest BCUT2D eigenvalue weighted by molar-refractivity contribution is 0.564. The van der Waals surface area contributed by atoms with Gasteiger partial charge in [0.2, 0.25) is 0 Å². The molecule has 3 nitrogen and oxygen atoms in total. The van der Waals surface area contributed by atoms with Gasteiger partial charge in [-0.05, 0) is 23.6 Å². The van der Waals surface area contributed by atoms with E-state index in [0.717, 1.165) is 21.8 Å². The third kappa shape index (κ3) is 2.13. The van der Waals surface area contributed by atoms with Gasteiger partial charge < -0.3 is 9.73 Å². The highest BCUT2D eigenvalue weighted by Crippen LogP contribution is 2.26. The van der Waals surface area contributed by atoms with E-state index >= 15 is 0 Å². The van der Waals surface area contributed by atoms with Crippen molar-refractivity contribution in [2.24, 2.45) is 0 Å². The Hall–Kier alpha value is -3.07. The van der Waals surface area contributed by atoms with E-state index in [1.807, 2.05) is 66.7 Å². The average Bonchev–Trinajstić information content (AvgIpc) is 2.56. The van der Waals surface area contributed by atoms with Gasteiger partial charge in [0.15, 0.2) is 0 Å². The number of fused-ring (bicyclic) bond motifs is 2. The molecular formula is C19H13NO2. The minimum atomic E-state index is -0.369. The van der Waals surface area contributed by atoms with Crippen LogP contribution in [-0.2, 0) is 0 Å². The lowest BCUT2D eigenvalue weighted by atomic mass is 10.1. The molecule has 1 N–H and O–H groups in total. The van der Waals surface area contributed by atoms with Crippen LogP contribution in [0.1, 0.15) is 0 Å². The Morgan fingerprint density at radius 3 is 2.36 bits per heavy atom. The van der Waals surface area contributed by atoms with Gasteiger partial charge in [0.25, 0.3) is 0 Å². The van der Waals surface area contributed by atoms with Crippen molar-refractivity contribution in [3.8, 4) is 0 Å². The fraction of sp³-hybridized carbons (Fsp3) is 0. The van der Waals surface area contributed by atoms with E-state index < -0.39 is 0 Å². The van der Waals surface area contributed by atoms with Crippen LogP contribution in [0.15, 0.2) is 82.0 Å². The number of hydrogen-bond donors (Lipinski definition) is 1. The SMILES string of the molecule is O=c1oc2ccccc2cc1Nc1cccc2ccccc12. The van der Waals surface area contributed by atoms with Crippen LogP contribution < -0.4 is 10.9 Å². The second-order valence-electron chi connectivity index (χ2n) is 5.14. The Morgan fingerprint density at radius 2 is 1.45 bits per heavy atom. The number of para-hydroxylation sites is 1. The molecule has 106 valence electrons. The second-order valence-corrected chi connectivity index (χ2v) is 5.14. The van der Waals surface area contributed by atoms with Gasteiger partial charge in [-0.15, -0.1) is 0 Å². The van der Waals surface area contributed by atoms with E-state index in [-0.39, 0.29) is 5.63 Å². The zero-order valence-electron chi connectivity index (χ0n) is 11.7. The van der Waals surface area contributed by atoms with E-state index in [0.29, 0.717) is 11.3 Å². The molecule has 0 atom stereocenters. The number of rotatable bonds is 2. The van der Waals surface area contributed by atoms with Gasteiger partial charge in [-0.2, -0.15) is 0 Å². The number of hydrogen-bond acceptors (Lipinski definition) is 3. The standard InChI is InChI=1S/C19H13NO2/c21-19-17(12-14-7-2-4-11-18(14)22-19)20-16-10-5-8-13-6-1-3-9-15(13)16/h1-12,20H. The largest absolute Gasteiger partial charge is 0.421 e. The maximum Gasteiger partial charge on any atom is 0.360 e. The van der Waals surface area contributed by atoms with Crippen molar-refractivity contribution in [2.45, 2.75) is 0 Å². The summed E-state index contributed by atoms with van der Waals surface area (Å²) in [5.74, 6) is 0. The number of anilines is 2. The summed E-state index contributed by atoms with van der Waals surface area (Å²) < 4.78 is 5.36. The Bertz CT molecular complexity index is 1030. The van der Waals surface area contributed by atoms with Crippen molar-refractivity contribution in [3.05, 3.63) is 83.2 Å². The summed E-state index contributed by atoms with van der Waals surface area (Å²) in [6.45, 7) is 0. The van der Waals surface area contributed by atoms with Gasteiger partial charge >= 0.3 is 5.63 Å². The van der Waals surface area contributed by atoms with Crippen molar-refractivity contribution in [1.29, 1.82) is 0 Å². The molecule has 1 aromatic heterocycles. The molecule has 0 saturated carbocycles. The van der Waals surface area contributed by atoms with Crippen LogP contribution in [0.25, 0.3) is 21.7 Å². The van der Waals surface area contributed by atoms with Crippen molar-refractivity contribution in [2.75, 3.05) is 5.32 Å². The zero-order valence-corrected chi connectivity index (χ0v) is 11.7. The van der Waals surface area contributed by atoms with Gasteiger partial charge in [-0.3, -0.25) is 0 Å². The van der Waals surface area contributed by atoms with Gasteiger partial charge in [0.1, 0.15) is 11.3 Å². The summed E-state index contributed by atoms with van der Waals surface area (Å²) in [4.78, 5) is 12.1. The highest BCUT2D eigenvalue weighted by Gasteiger charge is 2.07. The van der Waals surface area contributed by atoms with E-state index in [1.165, 1.54) is 0 Å². The lowest BCUT2D eigenvalue weighted by Crippen LogP contribution is -2.06. The van der Waals surface area contributed by atoms with Gasteiger partial charge in [-0.25, -0.2) is 4.79 Å². The molecule has 1 heterocycles. The first-order chi connectivity index (χ1) is 10.8. The maximum absolute atomic E-state index is 12.1. The molecule has 0 aliphatic carbocycles. The van der Waals surface area contributed by atoms with Gasteiger partial charge in [0.05, 0.1) is 0 Å². The molecule has 0 bridgehead atoms. The van der Waals surface area contributed by atoms with E-state index in [1.54, 1.807) is 6.07 Å². The van der Waals surface area contributed by atoms with E-state index in [4.69, 9.17) is 4.42 Å². The Morgan fingerprint density at radius 1 is 0.727 bits per heavy atom. The molecule has 4 aromatic rings. The Kier molecular flexibility index (Phi) is 2.90. The average molecular weight is 287 g/mol. The third-order valence-electron chi connectivity index (χ3n) is 3.70. The van der Waals surface area contributed by atoms with Crippen LogP contribution in [0, 0.1) is 0 Å². The second kappa shape index (κ2) is 5.04. The normalized spacial score (nSPS) is 10.9. The van der Waals surface area contributed by atoms with Crippen LogP contribution in [0.5, 0.6) is 0 Å². The summed E-state index contributed by atoms with van der Waals surface area (Å²) in [6, 6.07) is 23.3. The van der Waals surface area contributed by atoms with Crippen molar-refractivity contribution in [1.82, 2.24) is 0 Å². The highest BCUT2D eigenvalue weighted by molar-refractivity contribution is 5.95. The first-order valence-corrected chi connectivity index (χ1v) is 7.09. The first-order valence-electron chi connectivity index (χ1n) is 7.09. The summed E-state index contributed by atoms with van der Waals surface area (Å²) in [6.07, 6.45) is 0. The monoisotopic (exact) mass is 287 g/mol. The number of nitrogens with one attached hydrogen (secondary N) is 1. The minimum Gasteiger partial charge on any atom is -0.421 e. The summed E-state index contributed by atoms with van der Waals surface area (Å²) in [5, 5.41) is 6.28. The van der Waals surface area contributed by atoms with Crippen LogP contribution >= 0.6 is 0 Å². The van der Waals surface area contributed by atoms with Crippen LogP contribution in [0.3, 0.4) is 0 Å². The molecule has 0 unspecified atom stereocenters. The molecule has 0 saturated heterocycles. The molecule has 0 aliphatic heterocycles. The first kappa shape index (κ1) is 12.7. The van der Waals surface area contributed by atoms with Crippen LogP contribution in [0.4, 0.5) is 11.4 Å². The van der Waals surface area contributed by atoms with E-state index in [9.17, 15) is 4.79 Å². The smallest absolute Gasteiger partial charge is 0.360 e. The molecule has 22 heavy (non-hydrogen) atoms. The predicted molar refractivity (Wildman–Crippen MR) is 89.7 cm³/mol. The molecule has 0 spiro atoms. The van der Waals surface area contributed by atoms with Crippen molar-refractivity contribution in [3.63, 3.8) is 0 Å². The van der Waals surface area contributed by atoms with Crippen molar-refractivity contribution >= 4 is 33.1 Å². The molecule has 0 fully saturated rings. The summed E-state index contributed by atoms with van der Waals surface area (Å²) in [5.41, 5.74) is 1.55. The highest BCUT2D eigenvalue weighted by atomic mass is 16.4. The fourth-order valence-corrected chi connectivity index (χ4v) is 2.63. The molecule has 3 heteroatoms. The minimum absolute atomic E-state index is 0.369. The predicted octanol–water partition coefficient (Wildman–Crippen LogP) is 4.69. The fourth-order valence-electron chi connectivity index (χ4n) is 2.63. The van der Waals surface area contributed by atoms with E-state index in [2.05, 4.69) is 5.32 Å². The molecule has 0 radical (unpaired) electrons. The maximum atomic E-state index is 12.1. The summed E-state index contributed by atoms with van der Waals surface area (Å²) >= 11 is 0. The van der Waals surface area contributed by atoms with Gasteiger partial charge in [0, 0.05) is 16.5 Å². The van der Waals surface area contributed by atoms with Gasteiger partial charge in [-0.1, -0.05) is 54.6 Å².